The first-order valence-electron chi connectivity index (χ1n) is 6.67. The average Bonchev–Trinajstić information content (AvgIpc) is 2.74. The summed E-state index contributed by atoms with van der Waals surface area (Å²) in [5.41, 5.74) is 2.69. The highest BCUT2D eigenvalue weighted by Gasteiger charge is 2.37. The van der Waals surface area contributed by atoms with Gasteiger partial charge in [-0.3, -0.25) is 4.79 Å². The summed E-state index contributed by atoms with van der Waals surface area (Å²) in [6.07, 6.45) is 0. The fraction of sp³-hybridized carbons (Fsp3) is 0.167. The molecule has 2 nitrogen and oxygen atoms in total. The maximum absolute atomic E-state index is 12.6. The van der Waals surface area contributed by atoms with Crippen molar-refractivity contribution < 1.29 is 9.90 Å². The zero-order chi connectivity index (χ0) is 14.3. The van der Waals surface area contributed by atoms with E-state index in [1.807, 2.05) is 54.6 Å². The van der Waals surface area contributed by atoms with E-state index < -0.39 is 5.60 Å². The largest absolute Gasteiger partial charge is 0.386 e. The number of ketones is 1. The summed E-state index contributed by atoms with van der Waals surface area (Å²) in [6, 6.07) is 17.3. The van der Waals surface area contributed by atoms with E-state index in [-0.39, 0.29) is 5.78 Å². The van der Waals surface area contributed by atoms with Crippen LogP contribution in [0, 0.1) is 0 Å². The molecule has 0 aliphatic heterocycles. The first-order valence-corrected chi connectivity index (χ1v) is 6.67. The van der Waals surface area contributed by atoms with Crippen LogP contribution in [-0.4, -0.2) is 16.5 Å². The van der Waals surface area contributed by atoms with Crippen molar-refractivity contribution in [3.05, 3.63) is 76.9 Å². The second-order valence-corrected chi connectivity index (χ2v) is 5.55. The Morgan fingerprint density at radius 3 is 2.00 bits per heavy atom. The molecule has 100 valence electrons. The van der Waals surface area contributed by atoms with E-state index in [1.165, 1.54) is 0 Å². The Kier molecular flexibility index (Phi) is 2.84. The number of aliphatic hydroxyl groups is 1. The first kappa shape index (κ1) is 12.8. The Hall–Kier alpha value is -2.19. The fourth-order valence-electron chi connectivity index (χ4n) is 2.77. The zero-order valence-corrected chi connectivity index (χ0v) is 11.6. The molecule has 0 bridgehead atoms. The lowest BCUT2D eigenvalue weighted by Gasteiger charge is -2.20. The maximum atomic E-state index is 12.6. The Balaban J connectivity index is 2.34. The van der Waals surface area contributed by atoms with Gasteiger partial charge >= 0.3 is 0 Å². The lowest BCUT2D eigenvalue weighted by Crippen LogP contribution is -2.26. The van der Waals surface area contributed by atoms with E-state index in [4.69, 9.17) is 0 Å². The number of carbonyl (C=O) groups is 1. The summed E-state index contributed by atoms with van der Waals surface area (Å²) in [7, 11) is 0. The van der Waals surface area contributed by atoms with Crippen molar-refractivity contribution in [1.29, 1.82) is 0 Å². The molecule has 0 atom stereocenters. The molecule has 20 heavy (non-hydrogen) atoms. The third kappa shape index (κ3) is 1.89. The number of Topliss-reactive ketones (excluding diaryl/α,β-unsaturated/α-hetero) is 1. The van der Waals surface area contributed by atoms with Crippen molar-refractivity contribution in [2.75, 3.05) is 0 Å². The Morgan fingerprint density at radius 1 is 0.850 bits per heavy atom. The molecule has 3 rings (SSSR count). The molecule has 0 unspecified atom stereocenters. The van der Waals surface area contributed by atoms with E-state index in [0.29, 0.717) is 11.1 Å². The highest BCUT2D eigenvalue weighted by atomic mass is 16.3. The van der Waals surface area contributed by atoms with Crippen LogP contribution >= 0.6 is 0 Å². The summed E-state index contributed by atoms with van der Waals surface area (Å²) in [4.78, 5) is 12.6. The number of benzene rings is 2. The number of hydrogen-bond acceptors (Lipinski definition) is 2. The molecular formula is C18H16O2. The molecule has 0 saturated heterocycles. The van der Waals surface area contributed by atoms with Crippen LogP contribution in [0.5, 0.6) is 0 Å². The summed E-state index contributed by atoms with van der Waals surface area (Å²) in [5, 5.41) is 10.4. The molecule has 2 aromatic carbocycles. The van der Waals surface area contributed by atoms with Crippen LogP contribution in [0.1, 0.15) is 35.3 Å². The Labute approximate surface area is 118 Å². The van der Waals surface area contributed by atoms with Gasteiger partial charge < -0.3 is 5.11 Å². The molecule has 0 spiro atoms. The summed E-state index contributed by atoms with van der Waals surface area (Å²) in [6.45, 7) is 3.32. The Bertz CT molecular complexity index is 704. The van der Waals surface area contributed by atoms with Crippen LogP contribution in [0.4, 0.5) is 0 Å². The van der Waals surface area contributed by atoms with Gasteiger partial charge in [-0.15, -0.1) is 0 Å². The first-order chi connectivity index (χ1) is 9.50. The molecule has 0 radical (unpaired) electrons. The second-order valence-electron chi connectivity index (χ2n) is 5.55. The quantitative estimate of drug-likeness (QED) is 0.902. The summed E-state index contributed by atoms with van der Waals surface area (Å²) >= 11 is 0. The minimum atomic E-state index is -1.17. The fourth-order valence-corrected chi connectivity index (χ4v) is 2.77. The van der Waals surface area contributed by atoms with Gasteiger partial charge in [0, 0.05) is 11.1 Å². The number of rotatable bonds is 2. The van der Waals surface area contributed by atoms with E-state index in [2.05, 4.69) is 0 Å². The van der Waals surface area contributed by atoms with Crippen molar-refractivity contribution in [1.82, 2.24) is 0 Å². The van der Waals surface area contributed by atoms with Crippen LogP contribution in [0.25, 0.3) is 5.57 Å². The average molecular weight is 264 g/mol. The van der Waals surface area contributed by atoms with Gasteiger partial charge in [0.25, 0.3) is 0 Å². The minimum absolute atomic E-state index is 0.0769. The normalized spacial score (nSPS) is 14.7. The molecule has 2 aromatic rings. The van der Waals surface area contributed by atoms with Gasteiger partial charge in [0.1, 0.15) is 0 Å². The predicted octanol–water partition coefficient (Wildman–Crippen LogP) is 3.46. The highest BCUT2D eigenvalue weighted by Crippen LogP contribution is 2.41. The van der Waals surface area contributed by atoms with Gasteiger partial charge in [-0.05, 0) is 30.5 Å². The van der Waals surface area contributed by atoms with Crippen molar-refractivity contribution in [2.45, 2.75) is 19.4 Å². The van der Waals surface area contributed by atoms with Gasteiger partial charge in [-0.1, -0.05) is 54.6 Å². The van der Waals surface area contributed by atoms with Crippen molar-refractivity contribution in [2.24, 2.45) is 0 Å². The minimum Gasteiger partial charge on any atom is -0.386 e. The number of carbonyl (C=O) groups excluding carboxylic acids is 1. The van der Waals surface area contributed by atoms with E-state index in [1.54, 1.807) is 13.8 Å². The van der Waals surface area contributed by atoms with Crippen molar-refractivity contribution in [3.63, 3.8) is 0 Å². The highest BCUT2D eigenvalue weighted by molar-refractivity contribution is 6.23. The van der Waals surface area contributed by atoms with Crippen LogP contribution in [0.2, 0.25) is 0 Å². The lowest BCUT2D eigenvalue weighted by molar-refractivity contribution is 0.0880. The van der Waals surface area contributed by atoms with E-state index >= 15 is 0 Å². The molecule has 0 aromatic heterocycles. The van der Waals surface area contributed by atoms with Crippen LogP contribution in [-0.2, 0) is 0 Å². The molecule has 0 saturated carbocycles. The predicted molar refractivity (Wildman–Crippen MR) is 79.5 cm³/mol. The monoisotopic (exact) mass is 264 g/mol. The van der Waals surface area contributed by atoms with Crippen LogP contribution < -0.4 is 0 Å². The van der Waals surface area contributed by atoms with Gasteiger partial charge in [-0.2, -0.15) is 0 Å². The van der Waals surface area contributed by atoms with Crippen molar-refractivity contribution >= 4 is 11.4 Å². The van der Waals surface area contributed by atoms with Gasteiger partial charge in [0.05, 0.1) is 5.60 Å². The smallest absolute Gasteiger partial charge is 0.193 e. The van der Waals surface area contributed by atoms with E-state index in [0.717, 1.165) is 16.7 Å². The maximum Gasteiger partial charge on any atom is 0.193 e. The second kappa shape index (κ2) is 4.43. The standard InChI is InChI=1S/C18H16O2/c1-18(2,20)16-15(12-8-4-3-5-9-12)13-10-6-7-11-14(13)17(16)19/h3-11,20H,1-2H3. The molecular weight excluding hydrogens is 248 g/mol. The van der Waals surface area contributed by atoms with E-state index in [9.17, 15) is 9.90 Å². The van der Waals surface area contributed by atoms with Crippen LogP contribution in [0.15, 0.2) is 60.2 Å². The summed E-state index contributed by atoms with van der Waals surface area (Å²) < 4.78 is 0. The topological polar surface area (TPSA) is 37.3 Å². The molecule has 1 N–H and O–H groups in total. The third-order valence-corrected chi connectivity index (χ3v) is 3.59. The molecule has 0 fully saturated rings. The molecule has 0 amide bonds. The zero-order valence-electron chi connectivity index (χ0n) is 11.6. The van der Waals surface area contributed by atoms with Crippen LogP contribution in [0.3, 0.4) is 0 Å². The van der Waals surface area contributed by atoms with Gasteiger partial charge in [0.2, 0.25) is 0 Å². The molecule has 0 heterocycles. The summed E-state index contributed by atoms with van der Waals surface area (Å²) in [5.74, 6) is -0.0769. The molecule has 2 heteroatoms. The van der Waals surface area contributed by atoms with Crippen molar-refractivity contribution in [3.8, 4) is 0 Å². The lowest BCUT2D eigenvalue weighted by atomic mass is 9.89. The number of hydrogen-bond donors (Lipinski definition) is 1. The number of fused-ring (bicyclic) bond motifs is 1. The SMILES string of the molecule is CC(C)(O)C1=C(c2ccccc2)c2ccccc2C1=O. The molecule has 1 aliphatic rings. The molecule has 1 aliphatic carbocycles. The third-order valence-electron chi connectivity index (χ3n) is 3.59. The van der Waals surface area contributed by atoms with Gasteiger partial charge in [0.15, 0.2) is 5.78 Å². The van der Waals surface area contributed by atoms with Gasteiger partial charge in [-0.25, -0.2) is 0 Å². The Morgan fingerprint density at radius 2 is 1.40 bits per heavy atom.